The fourth-order valence-corrected chi connectivity index (χ4v) is 4.79. The molecule has 1 aromatic heterocycles. The summed E-state index contributed by atoms with van der Waals surface area (Å²) in [6.45, 7) is 0.516. The van der Waals surface area contributed by atoms with Gasteiger partial charge >= 0.3 is 0 Å². The molecule has 5 N–H and O–H groups in total. The van der Waals surface area contributed by atoms with Gasteiger partial charge in [0.05, 0.1) is 6.61 Å². The van der Waals surface area contributed by atoms with E-state index in [1.165, 1.54) is 18.2 Å². The smallest absolute Gasteiger partial charge is 0.274 e. The third-order valence-electron chi connectivity index (χ3n) is 5.97. The standard InChI is InChI=1S/C22H21BrN2O7/c1-25-5-4-11(14(25)9-26)19-15(27)7-16(28)20-17(29)8-18(32-21(19)20)12-6-10(22(30)24-31)2-3-13(12)23/h2-3,6-8,11,14,26-28,31H,4-5,9H2,1H3,(H,24,30)/t11-,14+/m0/s1. The molecule has 0 unspecified atom stereocenters. The lowest BCUT2D eigenvalue weighted by Gasteiger charge is -2.24. The molecule has 0 radical (unpaired) electrons. The summed E-state index contributed by atoms with van der Waals surface area (Å²) in [6.07, 6.45) is 0.610. The molecular formula is C22H21BrN2O7. The van der Waals surface area contributed by atoms with Crippen molar-refractivity contribution in [3.63, 3.8) is 0 Å². The van der Waals surface area contributed by atoms with Crippen molar-refractivity contribution in [3.8, 4) is 22.8 Å². The van der Waals surface area contributed by atoms with E-state index in [2.05, 4.69) is 15.9 Å². The summed E-state index contributed by atoms with van der Waals surface area (Å²) in [5, 5.41) is 39.8. The van der Waals surface area contributed by atoms with E-state index < -0.39 is 17.1 Å². The second-order valence-electron chi connectivity index (χ2n) is 7.77. The molecule has 4 rings (SSSR count). The summed E-state index contributed by atoms with van der Waals surface area (Å²) < 4.78 is 6.59. The van der Waals surface area contributed by atoms with Crippen LogP contribution in [0.4, 0.5) is 0 Å². The fraction of sp³-hybridized carbons (Fsp3) is 0.273. The van der Waals surface area contributed by atoms with Gasteiger partial charge in [0.25, 0.3) is 5.91 Å². The Kier molecular flexibility index (Phi) is 5.95. The molecule has 0 bridgehead atoms. The third kappa shape index (κ3) is 3.65. The van der Waals surface area contributed by atoms with Crippen molar-refractivity contribution in [1.29, 1.82) is 0 Å². The maximum atomic E-state index is 13.0. The number of fused-ring (bicyclic) bond motifs is 1. The average molecular weight is 505 g/mol. The minimum absolute atomic E-state index is 0.0210. The number of nitrogens with one attached hydrogen (secondary N) is 1. The van der Waals surface area contributed by atoms with Crippen molar-refractivity contribution in [3.05, 3.63) is 56.2 Å². The van der Waals surface area contributed by atoms with E-state index in [9.17, 15) is 24.9 Å². The second-order valence-corrected chi connectivity index (χ2v) is 8.62. The first-order valence-corrected chi connectivity index (χ1v) is 10.6. The normalized spacial score (nSPS) is 18.9. The molecule has 168 valence electrons. The number of likely N-dealkylation sites (N-methyl/N-ethyl adjacent to an activating group) is 1. The largest absolute Gasteiger partial charge is 0.507 e. The average Bonchev–Trinajstić information content (AvgIpc) is 3.12. The predicted molar refractivity (Wildman–Crippen MR) is 119 cm³/mol. The SMILES string of the molecule is CN1CC[C@H](c2c(O)cc(O)c3c(=O)cc(-c4cc(C(=O)NO)ccc4Br)oc23)[C@H]1CO. The predicted octanol–water partition coefficient (Wildman–Crippen LogP) is 2.53. The Bertz CT molecular complexity index is 1270. The van der Waals surface area contributed by atoms with Crippen LogP contribution in [0, 0.1) is 0 Å². The number of benzene rings is 2. The molecule has 0 spiro atoms. The van der Waals surface area contributed by atoms with E-state index in [0.717, 1.165) is 6.07 Å². The van der Waals surface area contributed by atoms with Gasteiger partial charge in [0, 0.05) is 45.3 Å². The Morgan fingerprint density at radius 1 is 1.25 bits per heavy atom. The molecule has 1 saturated heterocycles. The zero-order valence-corrected chi connectivity index (χ0v) is 18.6. The van der Waals surface area contributed by atoms with Gasteiger partial charge in [-0.05, 0) is 38.2 Å². The van der Waals surface area contributed by atoms with Gasteiger partial charge in [-0.3, -0.25) is 14.8 Å². The number of hydrogen-bond acceptors (Lipinski definition) is 8. The molecule has 10 heteroatoms. The molecule has 1 aliphatic rings. The van der Waals surface area contributed by atoms with E-state index in [0.29, 0.717) is 28.6 Å². The zero-order chi connectivity index (χ0) is 23.2. The molecule has 2 heterocycles. The van der Waals surface area contributed by atoms with Crippen molar-refractivity contribution in [2.24, 2.45) is 0 Å². The Hall–Kier alpha value is -2.92. The Morgan fingerprint density at radius 3 is 2.69 bits per heavy atom. The molecule has 1 fully saturated rings. The number of amides is 1. The van der Waals surface area contributed by atoms with E-state index in [1.54, 1.807) is 11.5 Å². The molecule has 0 aliphatic carbocycles. The van der Waals surface area contributed by atoms with Gasteiger partial charge in [-0.2, -0.15) is 0 Å². The lowest BCUT2D eigenvalue weighted by Crippen LogP contribution is -2.32. The van der Waals surface area contributed by atoms with Crippen LogP contribution in [0.1, 0.15) is 28.3 Å². The Labute approximate surface area is 190 Å². The van der Waals surface area contributed by atoms with Crippen molar-refractivity contribution in [2.75, 3.05) is 20.2 Å². The van der Waals surface area contributed by atoms with Crippen LogP contribution in [0.25, 0.3) is 22.3 Å². The van der Waals surface area contributed by atoms with Crippen LogP contribution in [-0.4, -0.2) is 57.6 Å². The van der Waals surface area contributed by atoms with Gasteiger partial charge in [-0.15, -0.1) is 0 Å². The van der Waals surface area contributed by atoms with E-state index in [4.69, 9.17) is 9.62 Å². The molecule has 0 saturated carbocycles. The molecule has 3 aromatic rings. The fourth-order valence-electron chi connectivity index (χ4n) is 4.34. The highest BCUT2D eigenvalue weighted by atomic mass is 79.9. The second kappa shape index (κ2) is 8.55. The highest BCUT2D eigenvalue weighted by molar-refractivity contribution is 9.10. The number of phenols is 2. The van der Waals surface area contributed by atoms with Crippen LogP contribution >= 0.6 is 15.9 Å². The topological polar surface area (TPSA) is 143 Å². The molecule has 1 aliphatic heterocycles. The van der Waals surface area contributed by atoms with Gasteiger partial charge in [-0.1, -0.05) is 15.9 Å². The van der Waals surface area contributed by atoms with Crippen LogP contribution < -0.4 is 10.9 Å². The van der Waals surface area contributed by atoms with Crippen molar-refractivity contribution in [2.45, 2.75) is 18.4 Å². The first-order valence-electron chi connectivity index (χ1n) is 9.85. The highest BCUT2D eigenvalue weighted by Crippen LogP contribution is 2.44. The van der Waals surface area contributed by atoms with Gasteiger partial charge < -0.3 is 24.6 Å². The monoisotopic (exact) mass is 504 g/mol. The Balaban J connectivity index is 2.00. The minimum atomic E-state index is -0.738. The Morgan fingerprint density at radius 2 is 2.00 bits per heavy atom. The summed E-state index contributed by atoms with van der Waals surface area (Å²) in [5.74, 6) is -1.62. The molecular weight excluding hydrogens is 484 g/mol. The summed E-state index contributed by atoms with van der Waals surface area (Å²) in [7, 11) is 1.86. The quantitative estimate of drug-likeness (QED) is 0.269. The molecule has 1 amide bonds. The summed E-state index contributed by atoms with van der Waals surface area (Å²) in [6, 6.07) is 6.48. The number of hydroxylamine groups is 1. The maximum Gasteiger partial charge on any atom is 0.274 e. The van der Waals surface area contributed by atoms with Crippen molar-refractivity contribution >= 4 is 32.8 Å². The van der Waals surface area contributed by atoms with Crippen molar-refractivity contribution in [1.82, 2.24) is 10.4 Å². The molecule has 2 atom stereocenters. The number of carbonyl (C=O) groups is 1. The maximum absolute atomic E-state index is 13.0. The molecule has 2 aromatic carbocycles. The van der Waals surface area contributed by atoms with E-state index >= 15 is 0 Å². The number of phenolic OH excluding ortho intramolecular Hbond substituents is 2. The van der Waals surface area contributed by atoms with Gasteiger partial charge in [0.1, 0.15) is 28.2 Å². The number of aliphatic hydroxyl groups excluding tert-OH is 1. The third-order valence-corrected chi connectivity index (χ3v) is 6.67. The summed E-state index contributed by atoms with van der Waals surface area (Å²) in [4.78, 5) is 26.8. The van der Waals surface area contributed by atoms with E-state index in [1.807, 2.05) is 11.9 Å². The minimum Gasteiger partial charge on any atom is -0.507 e. The number of carbonyl (C=O) groups excluding carboxylic acids is 1. The molecule has 32 heavy (non-hydrogen) atoms. The van der Waals surface area contributed by atoms with Gasteiger partial charge in [-0.25, -0.2) is 5.48 Å². The van der Waals surface area contributed by atoms with Crippen molar-refractivity contribution < 1.29 is 29.7 Å². The number of hydrogen-bond donors (Lipinski definition) is 5. The number of aromatic hydroxyl groups is 2. The van der Waals surface area contributed by atoms with Gasteiger partial charge in [0.15, 0.2) is 5.43 Å². The lowest BCUT2D eigenvalue weighted by molar-refractivity contribution is 0.0706. The highest BCUT2D eigenvalue weighted by Gasteiger charge is 2.36. The lowest BCUT2D eigenvalue weighted by atomic mass is 9.89. The van der Waals surface area contributed by atoms with Crippen LogP contribution in [0.3, 0.4) is 0 Å². The van der Waals surface area contributed by atoms with Crippen LogP contribution in [-0.2, 0) is 0 Å². The van der Waals surface area contributed by atoms with Gasteiger partial charge in [0.2, 0.25) is 0 Å². The summed E-state index contributed by atoms with van der Waals surface area (Å²) in [5.41, 5.74) is 1.87. The molecule has 9 nitrogen and oxygen atoms in total. The van der Waals surface area contributed by atoms with Crippen LogP contribution in [0.15, 0.2) is 44.0 Å². The number of halogens is 1. The summed E-state index contributed by atoms with van der Waals surface area (Å²) >= 11 is 3.37. The number of rotatable bonds is 4. The number of likely N-dealkylation sites (tertiary alicyclic amines) is 1. The zero-order valence-electron chi connectivity index (χ0n) is 17.0. The first kappa shape index (κ1) is 22.3. The number of nitrogens with zero attached hydrogens (tertiary/aromatic N) is 1. The van der Waals surface area contributed by atoms with Crippen LogP contribution in [0.5, 0.6) is 11.5 Å². The number of aliphatic hydroxyl groups is 1. The first-order chi connectivity index (χ1) is 15.3. The van der Waals surface area contributed by atoms with E-state index in [-0.39, 0.29) is 46.6 Å². The van der Waals surface area contributed by atoms with Crippen LogP contribution in [0.2, 0.25) is 0 Å².